The lowest BCUT2D eigenvalue weighted by molar-refractivity contribution is -0.150. The van der Waals surface area contributed by atoms with Crippen molar-refractivity contribution in [2.24, 2.45) is 5.92 Å². The lowest BCUT2D eigenvalue weighted by Gasteiger charge is -2.30. The summed E-state index contributed by atoms with van der Waals surface area (Å²) in [5, 5.41) is 18.5. The molecule has 0 unspecified atom stereocenters. The SMILES string of the molecule is COC(=O)[C@H]1C(=O)NC(SCC(=O)Nc2ccc(NC(C)=O)cc2)=C(C#N)[C@H]1c1ccc(Cl)cc1. The first-order chi connectivity index (χ1) is 16.7. The number of carbonyl (C=O) groups excluding carboxylic acids is 4. The van der Waals surface area contributed by atoms with Crippen molar-refractivity contribution >= 4 is 58.4 Å². The Hall–Kier alpha value is -3.81. The van der Waals surface area contributed by atoms with E-state index in [0.717, 1.165) is 11.8 Å². The van der Waals surface area contributed by atoms with Crippen LogP contribution >= 0.6 is 23.4 Å². The minimum atomic E-state index is -1.27. The number of hydrogen-bond acceptors (Lipinski definition) is 7. The normalized spacial score (nSPS) is 17.1. The number of amides is 3. The Labute approximate surface area is 210 Å². The lowest BCUT2D eigenvalue weighted by atomic mass is 9.78. The second-order valence-corrected chi connectivity index (χ2v) is 8.89. The number of esters is 1. The highest BCUT2D eigenvalue weighted by Gasteiger charge is 2.44. The van der Waals surface area contributed by atoms with Gasteiger partial charge in [-0.05, 0) is 42.0 Å². The molecule has 9 nitrogen and oxygen atoms in total. The van der Waals surface area contributed by atoms with Gasteiger partial charge in [-0.25, -0.2) is 0 Å². The highest BCUT2D eigenvalue weighted by molar-refractivity contribution is 8.03. The maximum absolute atomic E-state index is 12.8. The summed E-state index contributed by atoms with van der Waals surface area (Å²) < 4.78 is 4.81. The Morgan fingerprint density at radius 2 is 1.69 bits per heavy atom. The molecular weight excluding hydrogens is 492 g/mol. The van der Waals surface area contributed by atoms with Crippen molar-refractivity contribution in [3.8, 4) is 6.07 Å². The van der Waals surface area contributed by atoms with Gasteiger partial charge in [-0.1, -0.05) is 35.5 Å². The molecule has 2 aromatic carbocycles. The second-order valence-electron chi connectivity index (χ2n) is 7.47. The maximum atomic E-state index is 12.8. The molecule has 180 valence electrons. The highest BCUT2D eigenvalue weighted by Crippen LogP contribution is 2.40. The molecule has 1 aliphatic heterocycles. The zero-order chi connectivity index (χ0) is 25.5. The van der Waals surface area contributed by atoms with Crippen LogP contribution in [0.3, 0.4) is 0 Å². The van der Waals surface area contributed by atoms with Gasteiger partial charge >= 0.3 is 5.97 Å². The molecule has 0 saturated carbocycles. The summed E-state index contributed by atoms with van der Waals surface area (Å²) in [7, 11) is 1.17. The fourth-order valence-corrected chi connectivity index (χ4v) is 4.50. The molecule has 35 heavy (non-hydrogen) atoms. The molecule has 1 aliphatic rings. The van der Waals surface area contributed by atoms with Crippen LogP contribution in [0, 0.1) is 17.2 Å². The smallest absolute Gasteiger partial charge is 0.319 e. The molecule has 0 aromatic heterocycles. The third kappa shape index (κ3) is 6.41. The number of allylic oxidation sites excluding steroid dienone is 1. The summed E-state index contributed by atoms with van der Waals surface area (Å²) in [5.74, 6) is -4.27. The number of nitrogens with zero attached hydrogens (tertiary/aromatic N) is 1. The van der Waals surface area contributed by atoms with Crippen molar-refractivity contribution in [1.29, 1.82) is 5.26 Å². The monoisotopic (exact) mass is 512 g/mol. The van der Waals surface area contributed by atoms with E-state index in [9.17, 15) is 24.4 Å². The molecular formula is C24H21ClN4O5S. The van der Waals surface area contributed by atoms with Gasteiger partial charge in [-0.2, -0.15) is 5.26 Å². The molecule has 0 saturated heterocycles. The van der Waals surface area contributed by atoms with E-state index >= 15 is 0 Å². The minimum absolute atomic E-state index is 0.107. The molecule has 3 amide bonds. The summed E-state index contributed by atoms with van der Waals surface area (Å²) in [4.78, 5) is 48.9. The molecule has 2 aromatic rings. The maximum Gasteiger partial charge on any atom is 0.319 e. The van der Waals surface area contributed by atoms with Gasteiger partial charge in [-0.3, -0.25) is 19.2 Å². The lowest BCUT2D eigenvalue weighted by Crippen LogP contribution is -2.44. The number of carbonyl (C=O) groups is 4. The van der Waals surface area contributed by atoms with Crippen LogP contribution < -0.4 is 16.0 Å². The van der Waals surface area contributed by atoms with E-state index in [1.807, 2.05) is 0 Å². The summed E-state index contributed by atoms with van der Waals surface area (Å²) in [6, 6.07) is 15.1. The van der Waals surface area contributed by atoms with Crippen LogP contribution in [-0.4, -0.2) is 36.6 Å². The Balaban J connectivity index is 1.80. The molecule has 0 radical (unpaired) electrons. The van der Waals surface area contributed by atoms with E-state index in [2.05, 4.69) is 22.0 Å². The molecule has 0 aliphatic carbocycles. The number of halogens is 1. The van der Waals surface area contributed by atoms with E-state index in [-0.39, 0.29) is 28.2 Å². The molecule has 0 bridgehead atoms. The number of ether oxygens (including phenoxy) is 1. The summed E-state index contributed by atoms with van der Waals surface area (Å²) in [6.45, 7) is 1.39. The molecule has 3 N–H and O–H groups in total. The first-order valence-corrected chi connectivity index (χ1v) is 11.7. The molecule has 1 heterocycles. The van der Waals surface area contributed by atoms with E-state index in [4.69, 9.17) is 16.3 Å². The summed E-state index contributed by atoms with van der Waals surface area (Å²) in [5.41, 5.74) is 1.78. The van der Waals surface area contributed by atoms with E-state index in [0.29, 0.717) is 22.0 Å². The number of methoxy groups -OCH3 is 1. The third-order valence-corrected chi connectivity index (χ3v) is 6.32. The van der Waals surface area contributed by atoms with Gasteiger partial charge in [0, 0.05) is 29.2 Å². The van der Waals surface area contributed by atoms with Gasteiger partial charge in [0.05, 0.1) is 29.5 Å². The third-order valence-electron chi connectivity index (χ3n) is 5.05. The van der Waals surface area contributed by atoms with Gasteiger partial charge in [0.25, 0.3) is 0 Å². The number of benzene rings is 2. The predicted molar refractivity (Wildman–Crippen MR) is 132 cm³/mol. The van der Waals surface area contributed by atoms with Crippen molar-refractivity contribution in [1.82, 2.24) is 5.32 Å². The van der Waals surface area contributed by atoms with Crippen molar-refractivity contribution in [2.75, 3.05) is 23.5 Å². The zero-order valence-electron chi connectivity index (χ0n) is 18.8. The summed E-state index contributed by atoms with van der Waals surface area (Å²) >= 11 is 6.94. The van der Waals surface area contributed by atoms with Gasteiger partial charge < -0.3 is 20.7 Å². The summed E-state index contributed by atoms with van der Waals surface area (Å²) in [6.07, 6.45) is 0. The van der Waals surface area contributed by atoms with E-state index < -0.39 is 23.7 Å². The minimum Gasteiger partial charge on any atom is -0.468 e. The largest absolute Gasteiger partial charge is 0.468 e. The van der Waals surface area contributed by atoms with E-state index in [1.54, 1.807) is 48.5 Å². The number of rotatable bonds is 7. The number of hydrogen-bond donors (Lipinski definition) is 3. The number of nitrogens with one attached hydrogen (secondary N) is 3. The van der Waals surface area contributed by atoms with Crippen LogP contribution in [0.1, 0.15) is 18.4 Å². The van der Waals surface area contributed by atoms with Crippen molar-refractivity contribution in [3.63, 3.8) is 0 Å². The van der Waals surface area contributed by atoms with Gasteiger partial charge in [0.2, 0.25) is 17.7 Å². The number of thioether (sulfide) groups is 1. The van der Waals surface area contributed by atoms with Crippen LogP contribution in [0.2, 0.25) is 5.02 Å². The quantitative estimate of drug-likeness (QED) is 0.382. The second kappa shape index (κ2) is 11.6. The first-order valence-electron chi connectivity index (χ1n) is 10.3. The van der Waals surface area contributed by atoms with Crippen molar-refractivity contribution in [3.05, 3.63) is 69.7 Å². The fraction of sp³-hybridized carbons (Fsp3) is 0.208. The first kappa shape index (κ1) is 25.8. The van der Waals surface area contributed by atoms with E-state index in [1.165, 1.54) is 14.0 Å². The topological polar surface area (TPSA) is 137 Å². The van der Waals surface area contributed by atoms with Crippen molar-refractivity contribution < 1.29 is 23.9 Å². The molecule has 3 rings (SSSR count). The highest BCUT2D eigenvalue weighted by atomic mass is 35.5. The van der Waals surface area contributed by atoms with Gasteiger partial charge in [-0.15, -0.1) is 0 Å². The van der Waals surface area contributed by atoms with Crippen LogP contribution in [-0.2, 0) is 23.9 Å². The molecule has 11 heteroatoms. The zero-order valence-corrected chi connectivity index (χ0v) is 20.3. The Morgan fingerprint density at radius 1 is 1.09 bits per heavy atom. The van der Waals surface area contributed by atoms with Gasteiger partial charge in [0.1, 0.15) is 5.92 Å². The van der Waals surface area contributed by atoms with Gasteiger partial charge in [0.15, 0.2) is 0 Å². The standard InChI is InChI=1S/C24H21ClN4O5S/c1-13(30)27-16-7-9-17(10-8-16)28-19(31)12-35-23-18(11-26)20(14-3-5-15(25)6-4-14)21(22(32)29-23)24(33)34-2/h3-10,20-21H,12H2,1-2H3,(H,27,30)(H,28,31)(H,29,32)/t20-,21-/m1/s1. The molecule has 0 fully saturated rings. The average Bonchev–Trinajstić information content (AvgIpc) is 2.83. The predicted octanol–water partition coefficient (Wildman–Crippen LogP) is 3.41. The van der Waals surface area contributed by atoms with Crippen LogP contribution in [0.15, 0.2) is 59.1 Å². The van der Waals surface area contributed by atoms with Crippen LogP contribution in [0.4, 0.5) is 11.4 Å². The average molecular weight is 513 g/mol. The number of nitriles is 1. The van der Waals surface area contributed by atoms with Crippen LogP contribution in [0.5, 0.6) is 0 Å². The fourth-order valence-electron chi connectivity index (χ4n) is 3.52. The Morgan fingerprint density at radius 3 is 2.23 bits per heavy atom. The Bertz CT molecular complexity index is 1220. The van der Waals surface area contributed by atoms with Crippen molar-refractivity contribution in [2.45, 2.75) is 12.8 Å². The Kier molecular flexibility index (Phi) is 8.52. The van der Waals surface area contributed by atoms with Crippen LogP contribution in [0.25, 0.3) is 0 Å². The molecule has 0 spiro atoms. The number of anilines is 2. The molecule has 2 atom stereocenters.